The number of para-hydroxylation sites is 1. The molecule has 134 valence electrons. The SMILES string of the molecule is C[C@H](CO)Nc1nc(=O)n(-c2ccccc2Cl)c2cc(C3CC3)ccc12. The fourth-order valence-corrected chi connectivity index (χ4v) is 3.39. The van der Waals surface area contributed by atoms with Crippen molar-refractivity contribution in [2.24, 2.45) is 0 Å². The molecule has 0 saturated heterocycles. The van der Waals surface area contributed by atoms with Crippen LogP contribution in [0.4, 0.5) is 5.82 Å². The summed E-state index contributed by atoms with van der Waals surface area (Å²) in [5, 5.41) is 13.8. The Morgan fingerprint density at radius 2 is 2.08 bits per heavy atom. The Labute approximate surface area is 156 Å². The van der Waals surface area contributed by atoms with Crippen LogP contribution in [-0.2, 0) is 0 Å². The summed E-state index contributed by atoms with van der Waals surface area (Å²) >= 11 is 6.36. The Balaban J connectivity index is 2.00. The van der Waals surface area contributed by atoms with E-state index in [9.17, 15) is 9.90 Å². The smallest absolute Gasteiger partial charge is 0.354 e. The van der Waals surface area contributed by atoms with Crippen molar-refractivity contribution in [1.82, 2.24) is 9.55 Å². The Morgan fingerprint density at radius 3 is 2.77 bits per heavy atom. The lowest BCUT2D eigenvalue weighted by Crippen LogP contribution is -2.27. The van der Waals surface area contributed by atoms with E-state index in [1.54, 1.807) is 10.6 Å². The van der Waals surface area contributed by atoms with Crippen molar-refractivity contribution in [3.05, 3.63) is 63.5 Å². The first-order valence-corrected chi connectivity index (χ1v) is 9.15. The standard InChI is InChI=1S/C20H20ClN3O2/c1-12(11-25)22-19-15-9-8-14(13-6-7-13)10-18(15)24(20(26)23-19)17-5-3-2-4-16(17)21/h2-5,8-10,12-13,25H,6-7,11H2,1H3,(H,22,23,26)/t12-/m1/s1. The number of hydrogen-bond donors (Lipinski definition) is 2. The molecule has 1 aliphatic rings. The molecule has 1 saturated carbocycles. The third-order valence-electron chi connectivity index (χ3n) is 4.72. The van der Waals surface area contributed by atoms with E-state index in [4.69, 9.17) is 11.6 Å². The van der Waals surface area contributed by atoms with Crippen molar-refractivity contribution in [2.45, 2.75) is 31.7 Å². The molecule has 1 atom stereocenters. The van der Waals surface area contributed by atoms with Gasteiger partial charge in [-0.15, -0.1) is 0 Å². The van der Waals surface area contributed by atoms with Crippen molar-refractivity contribution in [3.63, 3.8) is 0 Å². The van der Waals surface area contributed by atoms with Gasteiger partial charge in [0.05, 0.1) is 22.8 Å². The summed E-state index contributed by atoms with van der Waals surface area (Å²) < 4.78 is 1.57. The van der Waals surface area contributed by atoms with Crippen LogP contribution in [0.1, 0.15) is 31.2 Å². The van der Waals surface area contributed by atoms with Crippen molar-refractivity contribution >= 4 is 28.3 Å². The third-order valence-corrected chi connectivity index (χ3v) is 5.04. The van der Waals surface area contributed by atoms with Crippen LogP contribution in [0.2, 0.25) is 5.02 Å². The predicted octanol–water partition coefficient (Wildman–Crippen LogP) is 3.71. The maximum atomic E-state index is 12.9. The molecule has 26 heavy (non-hydrogen) atoms. The molecule has 0 spiro atoms. The molecule has 0 unspecified atom stereocenters. The number of aliphatic hydroxyl groups excluding tert-OH is 1. The molecule has 0 aliphatic heterocycles. The van der Waals surface area contributed by atoms with Crippen LogP contribution in [0.25, 0.3) is 16.6 Å². The molecule has 1 aromatic heterocycles. The van der Waals surface area contributed by atoms with Gasteiger partial charge in [0.1, 0.15) is 5.82 Å². The van der Waals surface area contributed by atoms with E-state index in [0.717, 1.165) is 10.9 Å². The van der Waals surface area contributed by atoms with E-state index in [-0.39, 0.29) is 12.6 Å². The van der Waals surface area contributed by atoms with Crippen LogP contribution in [0, 0.1) is 0 Å². The maximum absolute atomic E-state index is 12.9. The average molecular weight is 370 g/mol. The van der Waals surface area contributed by atoms with E-state index in [1.165, 1.54) is 18.4 Å². The molecule has 1 aliphatic carbocycles. The first-order valence-electron chi connectivity index (χ1n) is 8.77. The summed E-state index contributed by atoms with van der Waals surface area (Å²) in [5.41, 5.74) is 2.22. The number of halogens is 1. The monoisotopic (exact) mass is 369 g/mol. The van der Waals surface area contributed by atoms with Crippen LogP contribution in [0.15, 0.2) is 47.3 Å². The molecular weight excluding hydrogens is 350 g/mol. The highest BCUT2D eigenvalue weighted by Gasteiger charge is 2.25. The van der Waals surface area contributed by atoms with E-state index in [1.807, 2.05) is 31.2 Å². The minimum atomic E-state index is -0.397. The molecule has 2 aromatic carbocycles. The summed E-state index contributed by atoms with van der Waals surface area (Å²) in [7, 11) is 0. The van der Waals surface area contributed by atoms with Gasteiger partial charge in [0.2, 0.25) is 0 Å². The first-order chi connectivity index (χ1) is 12.6. The zero-order valence-corrected chi connectivity index (χ0v) is 15.2. The molecule has 5 nitrogen and oxygen atoms in total. The van der Waals surface area contributed by atoms with Crippen molar-refractivity contribution < 1.29 is 5.11 Å². The third kappa shape index (κ3) is 3.08. The summed E-state index contributed by atoms with van der Waals surface area (Å²) in [4.78, 5) is 17.1. The molecule has 0 amide bonds. The van der Waals surface area contributed by atoms with Crippen LogP contribution >= 0.6 is 11.6 Å². The maximum Gasteiger partial charge on any atom is 0.354 e. The number of fused-ring (bicyclic) bond motifs is 1. The van der Waals surface area contributed by atoms with Gasteiger partial charge in [-0.1, -0.05) is 29.8 Å². The van der Waals surface area contributed by atoms with E-state index < -0.39 is 5.69 Å². The van der Waals surface area contributed by atoms with Crippen molar-refractivity contribution in [1.29, 1.82) is 0 Å². The van der Waals surface area contributed by atoms with Gasteiger partial charge in [0.15, 0.2) is 0 Å². The zero-order valence-electron chi connectivity index (χ0n) is 14.4. The highest BCUT2D eigenvalue weighted by molar-refractivity contribution is 6.32. The summed E-state index contributed by atoms with van der Waals surface area (Å²) in [6.45, 7) is 1.79. The van der Waals surface area contributed by atoms with Crippen molar-refractivity contribution in [3.8, 4) is 5.69 Å². The Morgan fingerprint density at radius 1 is 1.31 bits per heavy atom. The van der Waals surface area contributed by atoms with Gasteiger partial charge in [0.25, 0.3) is 0 Å². The number of nitrogens with one attached hydrogen (secondary N) is 1. The molecule has 0 radical (unpaired) electrons. The summed E-state index contributed by atoms with van der Waals surface area (Å²) in [6, 6.07) is 13.2. The van der Waals surface area contributed by atoms with Gasteiger partial charge >= 0.3 is 5.69 Å². The molecule has 6 heteroatoms. The summed E-state index contributed by atoms with van der Waals surface area (Å²) in [6.07, 6.45) is 2.36. The lowest BCUT2D eigenvalue weighted by atomic mass is 10.1. The number of rotatable bonds is 5. The normalized spacial score (nSPS) is 15.2. The molecule has 1 heterocycles. The summed E-state index contributed by atoms with van der Waals surface area (Å²) in [5.74, 6) is 1.05. The number of hydrogen-bond acceptors (Lipinski definition) is 4. The molecule has 2 N–H and O–H groups in total. The fraction of sp³-hybridized carbons (Fsp3) is 0.300. The van der Waals surface area contributed by atoms with E-state index >= 15 is 0 Å². The van der Waals surface area contributed by atoms with Gasteiger partial charge in [-0.25, -0.2) is 4.79 Å². The Bertz CT molecular complexity index is 1030. The zero-order chi connectivity index (χ0) is 18.3. The second-order valence-corrected chi connectivity index (χ2v) is 7.22. The minimum absolute atomic E-state index is 0.0447. The molecule has 3 aromatic rings. The van der Waals surface area contributed by atoms with Gasteiger partial charge in [-0.3, -0.25) is 4.57 Å². The van der Waals surface area contributed by atoms with Crippen LogP contribution in [0.5, 0.6) is 0 Å². The van der Waals surface area contributed by atoms with Gasteiger partial charge < -0.3 is 10.4 Å². The number of benzene rings is 2. The van der Waals surface area contributed by atoms with Crippen LogP contribution < -0.4 is 11.0 Å². The minimum Gasteiger partial charge on any atom is -0.394 e. The second kappa shape index (κ2) is 6.74. The topological polar surface area (TPSA) is 67.2 Å². The number of aromatic nitrogens is 2. The molecule has 1 fully saturated rings. The van der Waals surface area contributed by atoms with Crippen LogP contribution in [-0.4, -0.2) is 27.3 Å². The fourth-order valence-electron chi connectivity index (χ4n) is 3.17. The quantitative estimate of drug-likeness (QED) is 0.719. The average Bonchev–Trinajstić information content (AvgIpc) is 3.47. The molecular formula is C20H20ClN3O2. The van der Waals surface area contributed by atoms with Crippen LogP contribution in [0.3, 0.4) is 0 Å². The number of nitrogens with zero attached hydrogens (tertiary/aromatic N) is 2. The van der Waals surface area contributed by atoms with Gasteiger partial charge in [-0.05, 0) is 55.5 Å². The highest BCUT2D eigenvalue weighted by atomic mass is 35.5. The van der Waals surface area contributed by atoms with Gasteiger partial charge in [0, 0.05) is 11.4 Å². The second-order valence-electron chi connectivity index (χ2n) is 6.81. The predicted molar refractivity (Wildman–Crippen MR) is 104 cm³/mol. The molecule has 0 bridgehead atoms. The highest BCUT2D eigenvalue weighted by Crippen LogP contribution is 2.41. The first kappa shape index (κ1) is 17.1. The largest absolute Gasteiger partial charge is 0.394 e. The van der Waals surface area contributed by atoms with Crippen molar-refractivity contribution in [2.75, 3.05) is 11.9 Å². The Hall–Kier alpha value is -2.37. The lowest BCUT2D eigenvalue weighted by molar-refractivity contribution is 0.281. The van der Waals surface area contributed by atoms with E-state index in [0.29, 0.717) is 22.4 Å². The van der Waals surface area contributed by atoms with E-state index in [2.05, 4.69) is 22.4 Å². The molecule has 4 rings (SSSR count). The Kier molecular flexibility index (Phi) is 4.42. The van der Waals surface area contributed by atoms with Gasteiger partial charge in [-0.2, -0.15) is 4.98 Å². The number of anilines is 1. The lowest BCUT2D eigenvalue weighted by Gasteiger charge is -2.17. The number of aliphatic hydroxyl groups is 1.